The summed E-state index contributed by atoms with van der Waals surface area (Å²) in [6, 6.07) is 1.29. The van der Waals surface area contributed by atoms with E-state index in [-0.39, 0.29) is 5.56 Å². The number of nitrogens with two attached hydrogens (primary N) is 1. The van der Waals surface area contributed by atoms with E-state index in [1.54, 1.807) is 6.92 Å². The second kappa shape index (κ2) is 5.07. The Balaban J connectivity index is 3.19. The second-order valence-corrected chi connectivity index (χ2v) is 3.21. The van der Waals surface area contributed by atoms with Crippen LogP contribution in [0.15, 0.2) is 18.4 Å². The van der Waals surface area contributed by atoms with Gasteiger partial charge in [0.2, 0.25) is 0 Å². The van der Waals surface area contributed by atoms with E-state index in [1.165, 1.54) is 12.3 Å². The highest BCUT2D eigenvalue weighted by Gasteiger charge is 2.34. The van der Waals surface area contributed by atoms with Gasteiger partial charge < -0.3 is 10.5 Å². The van der Waals surface area contributed by atoms with Gasteiger partial charge in [-0.25, -0.2) is 4.39 Å². The van der Waals surface area contributed by atoms with Crippen molar-refractivity contribution in [2.45, 2.75) is 13.1 Å². The Morgan fingerprint density at radius 3 is 2.53 bits per heavy atom. The molecule has 0 aliphatic heterocycles. The maximum absolute atomic E-state index is 13.0. The first-order chi connectivity index (χ1) is 7.86. The quantitative estimate of drug-likeness (QED) is 0.506. The molecule has 0 heterocycles. The van der Waals surface area contributed by atoms with Gasteiger partial charge in [0.15, 0.2) is 0 Å². The molecule has 1 aromatic carbocycles. The van der Waals surface area contributed by atoms with E-state index in [9.17, 15) is 17.6 Å². The van der Waals surface area contributed by atoms with Gasteiger partial charge in [0.25, 0.3) is 0 Å². The molecule has 0 amide bonds. The Morgan fingerprint density at radius 1 is 1.35 bits per heavy atom. The fourth-order valence-corrected chi connectivity index (χ4v) is 1.23. The molecule has 0 bridgehead atoms. The standard InChI is InChI=1S/C11H11F4NO/c1-2-17-4-3-7-5-8(12)6-9(10(7)16)11(13,14)15/h3-6H,2,16H2,1H3. The number of benzene rings is 1. The molecule has 0 aromatic heterocycles. The van der Waals surface area contributed by atoms with Gasteiger partial charge >= 0.3 is 6.18 Å². The average molecular weight is 249 g/mol. The molecule has 1 rings (SSSR count). The number of hydrogen-bond donors (Lipinski definition) is 1. The third-order valence-electron chi connectivity index (χ3n) is 1.99. The molecule has 6 heteroatoms. The number of hydrogen-bond acceptors (Lipinski definition) is 2. The van der Waals surface area contributed by atoms with Crippen LogP contribution in [0.4, 0.5) is 23.2 Å². The molecular weight excluding hydrogens is 238 g/mol. The van der Waals surface area contributed by atoms with E-state index >= 15 is 0 Å². The maximum Gasteiger partial charge on any atom is 0.418 e. The van der Waals surface area contributed by atoms with Gasteiger partial charge in [-0.3, -0.25) is 0 Å². The van der Waals surface area contributed by atoms with Crippen LogP contribution in [-0.2, 0) is 10.9 Å². The van der Waals surface area contributed by atoms with E-state index in [2.05, 4.69) is 0 Å². The third-order valence-corrected chi connectivity index (χ3v) is 1.99. The van der Waals surface area contributed by atoms with Gasteiger partial charge in [-0.15, -0.1) is 0 Å². The molecule has 0 unspecified atom stereocenters. The van der Waals surface area contributed by atoms with Crippen LogP contribution in [0.5, 0.6) is 0 Å². The Labute approximate surface area is 95.7 Å². The fraction of sp³-hybridized carbons (Fsp3) is 0.273. The van der Waals surface area contributed by atoms with Crippen molar-refractivity contribution in [1.82, 2.24) is 0 Å². The van der Waals surface area contributed by atoms with E-state index in [0.29, 0.717) is 12.7 Å². The summed E-state index contributed by atoms with van der Waals surface area (Å²) in [4.78, 5) is 0. The van der Waals surface area contributed by atoms with Crippen molar-refractivity contribution >= 4 is 11.8 Å². The molecule has 17 heavy (non-hydrogen) atoms. The maximum atomic E-state index is 13.0. The minimum atomic E-state index is -4.68. The van der Waals surface area contributed by atoms with Crippen molar-refractivity contribution < 1.29 is 22.3 Å². The molecule has 0 aliphatic rings. The molecule has 0 radical (unpaired) electrons. The van der Waals surface area contributed by atoms with Crippen LogP contribution in [0.3, 0.4) is 0 Å². The number of nitrogen functional groups attached to an aromatic ring is 1. The van der Waals surface area contributed by atoms with Crippen LogP contribution < -0.4 is 5.73 Å². The van der Waals surface area contributed by atoms with Crippen molar-refractivity contribution in [3.63, 3.8) is 0 Å². The monoisotopic (exact) mass is 249 g/mol. The first-order valence-electron chi connectivity index (χ1n) is 4.80. The second-order valence-electron chi connectivity index (χ2n) is 3.21. The van der Waals surface area contributed by atoms with Crippen molar-refractivity contribution in [3.05, 3.63) is 35.3 Å². The van der Waals surface area contributed by atoms with E-state index < -0.39 is 23.2 Å². The van der Waals surface area contributed by atoms with Crippen molar-refractivity contribution in [2.24, 2.45) is 0 Å². The first kappa shape index (κ1) is 13.3. The van der Waals surface area contributed by atoms with Gasteiger partial charge in [-0.2, -0.15) is 13.2 Å². The molecule has 2 nitrogen and oxygen atoms in total. The largest absolute Gasteiger partial charge is 0.501 e. The van der Waals surface area contributed by atoms with Crippen LogP contribution in [0.1, 0.15) is 18.1 Å². The molecule has 94 valence electrons. The van der Waals surface area contributed by atoms with Crippen molar-refractivity contribution in [3.8, 4) is 0 Å². The highest BCUT2D eigenvalue weighted by molar-refractivity contribution is 5.68. The number of alkyl halides is 3. The summed E-state index contributed by atoms with van der Waals surface area (Å²) in [5.41, 5.74) is 3.56. The smallest absolute Gasteiger partial charge is 0.418 e. The normalized spacial score (nSPS) is 12.1. The SMILES string of the molecule is CCOC=Cc1cc(F)cc(C(F)(F)F)c1N. The summed E-state index contributed by atoms with van der Waals surface area (Å²) in [5.74, 6) is -0.998. The van der Waals surface area contributed by atoms with Crippen LogP contribution >= 0.6 is 0 Å². The average Bonchev–Trinajstić information content (AvgIpc) is 2.21. The van der Waals surface area contributed by atoms with Crippen LogP contribution in [0.25, 0.3) is 6.08 Å². The molecule has 0 saturated heterocycles. The van der Waals surface area contributed by atoms with Crippen LogP contribution in [0, 0.1) is 5.82 Å². The number of anilines is 1. The fourth-order valence-electron chi connectivity index (χ4n) is 1.23. The van der Waals surface area contributed by atoms with Crippen molar-refractivity contribution in [1.29, 1.82) is 0 Å². The molecule has 2 N–H and O–H groups in total. The topological polar surface area (TPSA) is 35.2 Å². The highest BCUT2D eigenvalue weighted by Crippen LogP contribution is 2.36. The molecule has 0 atom stereocenters. The van der Waals surface area contributed by atoms with Crippen molar-refractivity contribution in [2.75, 3.05) is 12.3 Å². The third kappa shape index (κ3) is 3.37. The summed E-state index contributed by atoms with van der Waals surface area (Å²) in [6.45, 7) is 2.07. The number of halogens is 4. The Hall–Kier alpha value is -1.72. The Bertz CT molecular complexity index is 426. The zero-order valence-corrected chi connectivity index (χ0v) is 9.01. The zero-order valence-electron chi connectivity index (χ0n) is 9.01. The van der Waals surface area contributed by atoms with Gasteiger partial charge in [0, 0.05) is 5.56 Å². The minimum Gasteiger partial charge on any atom is -0.501 e. The van der Waals surface area contributed by atoms with Crippen LogP contribution in [-0.4, -0.2) is 6.61 Å². The van der Waals surface area contributed by atoms with E-state index in [1.807, 2.05) is 0 Å². The lowest BCUT2D eigenvalue weighted by Crippen LogP contribution is -2.10. The minimum absolute atomic E-state index is 0.0641. The lowest BCUT2D eigenvalue weighted by molar-refractivity contribution is -0.137. The summed E-state index contributed by atoms with van der Waals surface area (Å²) in [7, 11) is 0. The van der Waals surface area contributed by atoms with E-state index in [0.717, 1.165) is 6.07 Å². The van der Waals surface area contributed by atoms with E-state index in [4.69, 9.17) is 10.5 Å². The summed E-state index contributed by atoms with van der Waals surface area (Å²) in [5, 5.41) is 0. The lowest BCUT2D eigenvalue weighted by Gasteiger charge is -2.12. The van der Waals surface area contributed by atoms with Gasteiger partial charge in [-0.1, -0.05) is 0 Å². The lowest BCUT2D eigenvalue weighted by atomic mass is 10.1. The summed E-state index contributed by atoms with van der Waals surface area (Å²) >= 11 is 0. The van der Waals surface area contributed by atoms with Gasteiger partial charge in [0.05, 0.1) is 24.1 Å². The Morgan fingerprint density at radius 2 is 2.00 bits per heavy atom. The molecular formula is C11H11F4NO. The van der Waals surface area contributed by atoms with Gasteiger partial charge in [0.1, 0.15) is 5.82 Å². The Kier molecular flexibility index (Phi) is 3.98. The summed E-state index contributed by atoms with van der Waals surface area (Å²) < 4.78 is 55.3. The molecule has 1 aromatic rings. The van der Waals surface area contributed by atoms with Crippen LogP contribution in [0.2, 0.25) is 0 Å². The predicted octanol–water partition coefficient (Wildman–Crippen LogP) is 3.43. The molecule has 0 fully saturated rings. The molecule has 0 spiro atoms. The highest BCUT2D eigenvalue weighted by atomic mass is 19.4. The first-order valence-corrected chi connectivity index (χ1v) is 4.80. The number of ether oxygens (including phenoxy) is 1. The zero-order chi connectivity index (χ0) is 13.1. The van der Waals surface area contributed by atoms with Gasteiger partial charge in [-0.05, 0) is 25.1 Å². The summed E-state index contributed by atoms with van der Waals surface area (Å²) in [6.07, 6.45) is -2.32. The molecule has 0 saturated carbocycles. The molecule has 0 aliphatic carbocycles. The predicted molar refractivity (Wildman–Crippen MR) is 56.5 cm³/mol. The number of rotatable bonds is 3.